The molecule has 0 unspecified atom stereocenters. The molecule has 4 rings (SSSR count). The molecule has 0 saturated carbocycles. The molecule has 0 N–H and O–H groups in total. The summed E-state index contributed by atoms with van der Waals surface area (Å²) in [7, 11) is 4.03. The summed E-state index contributed by atoms with van der Waals surface area (Å²) in [5.41, 5.74) is 5.38. The van der Waals surface area contributed by atoms with Gasteiger partial charge < -0.3 is 4.90 Å². The Morgan fingerprint density at radius 3 is 2.28 bits per heavy atom. The van der Waals surface area contributed by atoms with E-state index in [1.165, 1.54) is 22.9 Å². The van der Waals surface area contributed by atoms with E-state index in [9.17, 15) is 4.79 Å². The van der Waals surface area contributed by atoms with Crippen LogP contribution in [-0.4, -0.2) is 36.6 Å². The normalized spacial score (nSPS) is 16.2. The maximum absolute atomic E-state index is 13.3. The Kier molecular flexibility index (Phi) is 6.76. The number of aryl methyl sites for hydroxylation is 1. The van der Waals surface area contributed by atoms with Crippen LogP contribution in [0.3, 0.4) is 0 Å². The lowest BCUT2D eigenvalue weighted by Gasteiger charge is -2.15. The van der Waals surface area contributed by atoms with Gasteiger partial charge in [0.15, 0.2) is 5.17 Å². The summed E-state index contributed by atoms with van der Waals surface area (Å²) in [6, 6.07) is 26.5. The lowest BCUT2D eigenvalue weighted by molar-refractivity contribution is -0.122. The molecular formula is C27H27N3OS. The largest absolute Gasteiger partial charge is 0.378 e. The molecule has 5 heteroatoms. The highest BCUT2D eigenvalue weighted by atomic mass is 32.2. The standard InChI is InChI=1S/C27H27N3OS/c1-20-9-13-23(14-10-20)28-27-30(18-17-21-7-5-4-6-8-21)26(31)25(32-27)19-22-11-15-24(16-12-22)29(2)3/h4-16,19H,17-18H2,1-3H3. The second-order valence-corrected chi connectivity index (χ2v) is 9.03. The zero-order valence-electron chi connectivity index (χ0n) is 18.7. The van der Waals surface area contributed by atoms with E-state index in [4.69, 9.17) is 4.99 Å². The first-order valence-corrected chi connectivity index (χ1v) is 11.5. The van der Waals surface area contributed by atoms with Crippen LogP contribution in [0.4, 0.5) is 11.4 Å². The molecule has 32 heavy (non-hydrogen) atoms. The third-order valence-electron chi connectivity index (χ3n) is 5.32. The van der Waals surface area contributed by atoms with Crippen LogP contribution in [-0.2, 0) is 11.2 Å². The Bertz CT molecular complexity index is 1130. The number of carbonyl (C=O) groups is 1. The molecule has 3 aromatic carbocycles. The summed E-state index contributed by atoms with van der Waals surface area (Å²) < 4.78 is 0. The number of hydrogen-bond acceptors (Lipinski definition) is 4. The van der Waals surface area contributed by atoms with Crippen molar-refractivity contribution in [2.45, 2.75) is 13.3 Å². The average molecular weight is 442 g/mol. The Morgan fingerprint density at radius 1 is 0.938 bits per heavy atom. The first-order chi connectivity index (χ1) is 15.5. The van der Waals surface area contributed by atoms with E-state index in [-0.39, 0.29) is 5.91 Å². The number of aliphatic imine (C=N–C) groups is 1. The van der Waals surface area contributed by atoms with E-state index < -0.39 is 0 Å². The van der Waals surface area contributed by atoms with E-state index in [1.54, 1.807) is 4.90 Å². The van der Waals surface area contributed by atoms with Gasteiger partial charge in [-0.2, -0.15) is 0 Å². The van der Waals surface area contributed by atoms with Crippen molar-refractivity contribution < 1.29 is 4.79 Å². The Balaban J connectivity index is 1.61. The number of hydrogen-bond donors (Lipinski definition) is 0. The van der Waals surface area contributed by atoms with Gasteiger partial charge in [-0.15, -0.1) is 0 Å². The van der Waals surface area contributed by atoms with Crippen LogP contribution in [0.5, 0.6) is 0 Å². The van der Waals surface area contributed by atoms with Crippen molar-refractivity contribution in [1.82, 2.24) is 4.90 Å². The molecule has 0 bridgehead atoms. The van der Waals surface area contributed by atoms with E-state index in [0.29, 0.717) is 11.4 Å². The number of nitrogens with zero attached hydrogens (tertiary/aromatic N) is 3. The number of anilines is 1. The van der Waals surface area contributed by atoms with Crippen LogP contribution in [0.15, 0.2) is 88.8 Å². The molecular weight excluding hydrogens is 414 g/mol. The highest BCUT2D eigenvalue weighted by Crippen LogP contribution is 2.34. The summed E-state index contributed by atoms with van der Waals surface area (Å²) >= 11 is 1.44. The molecule has 0 aliphatic carbocycles. The highest BCUT2D eigenvalue weighted by molar-refractivity contribution is 8.18. The van der Waals surface area contributed by atoms with Crippen molar-refractivity contribution in [3.05, 3.63) is 100 Å². The summed E-state index contributed by atoms with van der Waals surface area (Å²) in [5, 5.41) is 0.728. The number of thioether (sulfide) groups is 1. The molecule has 4 nitrogen and oxygen atoms in total. The topological polar surface area (TPSA) is 35.9 Å². The fraction of sp³-hybridized carbons (Fsp3) is 0.185. The molecule has 0 aromatic heterocycles. The highest BCUT2D eigenvalue weighted by Gasteiger charge is 2.33. The molecule has 3 aromatic rings. The predicted octanol–water partition coefficient (Wildman–Crippen LogP) is 5.91. The Hall–Kier alpha value is -3.31. The third kappa shape index (κ3) is 5.29. The Labute approximate surface area is 194 Å². The minimum absolute atomic E-state index is 0.00785. The number of carbonyl (C=O) groups excluding carboxylic acids is 1. The van der Waals surface area contributed by atoms with Gasteiger partial charge in [0, 0.05) is 26.3 Å². The van der Waals surface area contributed by atoms with Gasteiger partial charge in [0.2, 0.25) is 0 Å². The molecule has 1 aliphatic heterocycles. The van der Waals surface area contributed by atoms with Gasteiger partial charge >= 0.3 is 0 Å². The van der Waals surface area contributed by atoms with Crippen molar-refractivity contribution in [1.29, 1.82) is 0 Å². The second-order valence-electron chi connectivity index (χ2n) is 8.02. The van der Waals surface area contributed by atoms with E-state index in [0.717, 1.165) is 28.5 Å². The summed E-state index contributed by atoms with van der Waals surface area (Å²) in [6.07, 6.45) is 2.74. The maximum atomic E-state index is 13.3. The van der Waals surface area contributed by atoms with Crippen molar-refractivity contribution in [2.75, 3.05) is 25.5 Å². The lowest BCUT2D eigenvalue weighted by atomic mass is 10.1. The SMILES string of the molecule is Cc1ccc(N=C2SC(=Cc3ccc(N(C)C)cc3)C(=O)N2CCc2ccccc2)cc1. The fourth-order valence-corrected chi connectivity index (χ4v) is 4.45. The number of benzene rings is 3. The fourth-order valence-electron chi connectivity index (χ4n) is 3.42. The van der Waals surface area contributed by atoms with Crippen LogP contribution >= 0.6 is 11.8 Å². The molecule has 1 saturated heterocycles. The molecule has 1 heterocycles. The zero-order chi connectivity index (χ0) is 22.5. The third-order valence-corrected chi connectivity index (χ3v) is 6.33. The zero-order valence-corrected chi connectivity index (χ0v) is 19.5. The van der Waals surface area contributed by atoms with Crippen molar-refractivity contribution in [2.24, 2.45) is 4.99 Å². The van der Waals surface area contributed by atoms with Crippen LogP contribution in [0.1, 0.15) is 16.7 Å². The predicted molar refractivity (Wildman–Crippen MR) is 136 cm³/mol. The minimum Gasteiger partial charge on any atom is -0.378 e. The Morgan fingerprint density at radius 2 is 1.62 bits per heavy atom. The average Bonchev–Trinajstić information content (AvgIpc) is 3.09. The summed E-state index contributed by atoms with van der Waals surface area (Å²) in [5.74, 6) is 0.00785. The van der Waals surface area contributed by atoms with E-state index >= 15 is 0 Å². The smallest absolute Gasteiger partial charge is 0.266 e. The van der Waals surface area contributed by atoms with E-state index in [2.05, 4.69) is 36.1 Å². The number of rotatable bonds is 6. The van der Waals surface area contributed by atoms with Gasteiger partial charge in [0.05, 0.1) is 10.6 Å². The van der Waals surface area contributed by atoms with Gasteiger partial charge in [0.25, 0.3) is 5.91 Å². The molecule has 162 valence electrons. The first-order valence-electron chi connectivity index (χ1n) is 10.7. The van der Waals surface area contributed by atoms with Crippen molar-refractivity contribution >= 4 is 40.3 Å². The van der Waals surface area contributed by atoms with Gasteiger partial charge in [-0.25, -0.2) is 4.99 Å². The summed E-state index contributed by atoms with van der Waals surface area (Å²) in [4.78, 5) is 22.7. The van der Waals surface area contributed by atoms with Crippen LogP contribution in [0.2, 0.25) is 0 Å². The van der Waals surface area contributed by atoms with Crippen LogP contribution < -0.4 is 4.90 Å². The van der Waals surface area contributed by atoms with E-state index in [1.807, 2.05) is 74.8 Å². The lowest BCUT2D eigenvalue weighted by Crippen LogP contribution is -2.31. The second kappa shape index (κ2) is 9.88. The minimum atomic E-state index is 0.00785. The molecule has 1 aliphatic rings. The molecule has 1 amide bonds. The number of amides is 1. The van der Waals surface area contributed by atoms with Gasteiger partial charge in [-0.1, -0.05) is 60.2 Å². The first kappa shape index (κ1) is 21.9. The van der Waals surface area contributed by atoms with Crippen molar-refractivity contribution in [3.63, 3.8) is 0 Å². The molecule has 0 atom stereocenters. The monoisotopic (exact) mass is 441 g/mol. The van der Waals surface area contributed by atoms with Gasteiger partial charge in [0.1, 0.15) is 0 Å². The quantitative estimate of drug-likeness (QED) is 0.446. The molecule has 0 spiro atoms. The van der Waals surface area contributed by atoms with Gasteiger partial charge in [-0.3, -0.25) is 9.69 Å². The maximum Gasteiger partial charge on any atom is 0.266 e. The molecule has 0 radical (unpaired) electrons. The van der Waals surface area contributed by atoms with Crippen LogP contribution in [0.25, 0.3) is 6.08 Å². The summed E-state index contributed by atoms with van der Waals surface area (Å²) in [6.45, 7) is 2.65. The van der Waals surface area contributed by atoms with Gasteiger partial charge in [-0.05, 0) is 66.6 Å². The molecule has 1 fully saturated rings. The van der Waals surface area contributed by atoms with Crippen LogP contribution in [0, 0.1) is 6.92 Å². The van der Waals surface area contributed by atoms with Crippen molar-refractivity contribution in [3.8, 4) is 0 Å². The number of amidine groups is 1.